The molecular formula is C31H45Cl3N4O10S. The third kappa shape index (κ3) is 16.4. The number of hydrogen-bond acceptors (Lipinski definition) is 11. The molecule has 1 aromatic rings. The van der Waals surface area contributed by atoms with E-state index in [1.807, 2.05) is 0 Å². The summed E-state index contributed by atoms with van der Waals surface area (Å²) in [6, 6.07) is 4.76. The molecule has 1 rings (SSSR count). The molecule has 0 radical (unpaired) electrons. The third-order valence-corrected chi connectivity index (χ3v) is 7.94. The Balaban J connectivity index is 3.20. The largest absolute Gasteiger partial charge is 0.461 e. The van der Waals surface area contributed by atoms with Gasteiger partial charge in [0.15, 0.2) is 6.04 Å². The molecule has 3 atom stereocenters. The van der Waals surface area contributed by atoms with E-state index in [0.29, 0.717) is 5.56 Å². The molecule has 0 saturated carbocycles. The Morgan fingerprint density at radius 1 is 0.878 bits per heavy atom. The minimum absolute atomic E-state index is 0.0546. The number of carbonyl (C=O) groups excluding carboxylic acids is 6. The van der Waals surface area contributed by atoms with Gasteiger partial charge < -0.3 is 29.2 Å². The monoisotopic (exact) mass is 770 g/mol. The lowest BCUT2D eigenvalue weighted by atomic mass is 10.0. The number of rotatable bonds is 15. The highest BCUT2D eigenvalue weighted by Crippen LogP contribution is 2.26. The molecule has 1 N–H and O–H groups in total. The molecule has 0 aromatic heterocycles. The van der Waals surface area contributed by atoms with E-state index in [1.54, 1.807) is 65.0 Å². The summed E-state index contributed by atoms with van der Waals surface area (Å²) in [5.74, 6) is -3.55. The van der Waals surface area contributed by atoms with Crippen molar-refractivity contribution in [1.29, 1.82) is 0 Å². The molecule has 14 nitrogen and oxygen atoms in total. The van der Waals surface area contributed by atoms with E-state index < -0.39 is 76.7 Å². The number of ether oxygens (including phenoxy) is 4. The van der Waals surface area contributed by atoms with Gasteiger partial charge in [-0.3, -0.25) is 18.8 Å². The van der Waals surface area contributed by atoms with Crippen molar-refractivity contribution in [2.45, 2.75) is 75.7 Å². The molecule has 276 valence electrons. The lowest BCUT2D eigenvalue weighted by Crippen LogP contribution is -2.56. The van der Waals surface area contributed by atoms with Crippen molar-refractivity contribution in [3.8, 4) is 0 Å². The van der Waals surface area contributed by atoms with Crippen molar-refractivity contribution in [3.63, 3.8) is 0 Å². The van der Waals surface area contributed by atoms with Crippen LogP contribution in [-0.4, -0.2) is 118 Å². The number of hydrogen-bond donors (Lipinski definition) is 1. The predicted molar refractivity (Wildman–Crippen MR) is 186 cm³/mol. The fraction of sp³-hybridized carbons (Fsp3) is 0.613. The van der Waals surface area contributed by atoms with Crippen LogP contribution in [0.15, 0.2) is 30.3 Å². The Morgan fingerprint density at radius 2 is 1.47 bits per heavy atom. The SMILES string of the molecule is CC(=O)N(C)SC[C@@H](C(=O)N(C)[C@H](C(=O)OC[C@@H](NC(=O)OCc1ccccc1)C(=O)OCC(Cl)(Cl)Cl)C(C)C)N(C)C(=O)OC(C)(C)C. The summed E-state index contributed by atoms with van der Waals surface area (Å²) < 4.78 is 20.4. The molecule has 49 heavy (non-hydrogen) atoms. The van der Waals surface area contributed by atoms with Gasteiger partial charge in [-0.15, -0.1) is 0 Å². The van der Waals surface area contributed by atoms with Crippen LogP contribution in [-0.2, 0) is 44.7 Å². The Kier molecular flexibility index (Phi) is 17.8. The van der Waals surface area contributed by atoms with Gasteiger partial charge in [-0.05, 0) is 44.2 Å². The Labute approximate surface area is 306 Å². The lowest BCUT2D eigenvalue weighted by molar-refractivity contribution is -0.160. The number of alkyl carbamates (subject to hydrolysis) is 1. The van der Waals surface area contributed by atoms with E-state index in [4.69, 9.17) is 53.8 Å². The standard InChI is InChI=1S/C31H45Cl3N4O10S/c1-19(2)24(37(8)25(40)23(17-49-38(9)20(3)39)36(7)29(44)48-30(4,5)6)27(42)45-16-22(26(41)47-18-31(32,33)34)35-28(43)46-15-21-13-11-10-12-14-21/h10-14,19,22-24H,15-18H2,1-9H3,(H,35,43)/t22-,23+,24+/m1/s1. The van der Waals surface area contributed by atoms with E-state index in [9.17, 15) is 28.8 Å². The fourth-order valence-corrected chi connectivity index (χ4v) is 4.99. The molecule has 4 amide bonds. The van der Waals surface area contributed by atoms with Crippen molar-refractivity contribution in [2.75, 3.05) is 40.1 Å². The van der Waals surface area contributed by atoms with E-state index in [0.717, 1.165) is 21.7 Å². The number of nitrogens with zero attached hydrogens (tertiary/aromatic N) is 3. The average Bonchev–Trinajstić information content (AvgIpc) is 2.99. The van der Waals surface area contributed by atoms with Crippen molar-refractivity contribution in [1.82, 2.24) is 19.4 Å². The quantitative estimate of drug-likeness (QED) is 0.115. The van der Waals surface area contributed by atoms with E-state index in [1.165, 1.54) is 32.4 Å². The summed E-state index contributed by atoms with van der Waals surface area (Å²) in [5.41, 5.74) is -0.189. The van der Waals surface area contributed by atoms with Crippen LogP contribution in [0.2, 0.25) is 0 Å². The van der Waals surface area contributed by atoms with Gasteiger partial charge in [0, 0.05) is 33.8 Å². The lowest BCUT2D eigenvalue weighted by Gasteiger charge is -2.36. The van der Waals surface area contributed by atoms with Gasteiger partial charge in [-0.25, -0.2) is 19.2 Å². The summed E-state index contributed by atoms with van der Waals surface area (Å²) in [7, 11) is 4.24. The van der Waals surface area contributed by atoms with E-state index in [-0.39, 0.29) is 18.3 Å². The highest BCUT2D eigenvalue weighted by atomic mass is 35.6. The summed E-state index contributed by atoms with van der Waals surface area (Å²) in [5, 5.41) is 2.28. The number of nitrogens with one attached hydrogen (secondary N) is 1. The zero-order valence-electron chi connectivity index (χ0n) is 29.0. The van der Waals surface area contributed by atoms with Crippen LogP contribution >= 0.6 is 46.8 Å². The topological polar surface area (TPSA) is 161 Å². The zero-order chi connectivity index (χ0) is 37.7. The fourth-order valence-electron chi connectivity index (χ4n) is 3.91. The highest BCUT2D eigenvalue weighted by molar-refractivity contribution is 7.97. The van der Waals surface area contributed by atoms with Crippen molar-refractivity contribution < 1.29 is 47.7 Å². The van der Waals surface area contributed by atoms with Gasteiger partial charge in [0.05, 0.1) is 0 Å². The van der Waals surface area contributed by atoms with Gasteiger partial charge in [-0.1, -0.05) is 79.0 Å². The van der Waals surface area contributed by atoms with Crippen molar-refractivity contribution >= 4 is 82.7 Å². The van der Waals surface area contributed by atoms with Crippen LogP contribution in [0, 0.1) is 5.92 Å². The summed E-state index contributed by atoms with van der Waals surface area (Å²) in [6.45, 7) is 8.15. The van der Waals surface area contributed by atoms with Crippen LogP contribution in [0.4, 0.5) is 9.59 Å². The second-order valence-electron chi connectivity index (χ2n) is 12.2. The molecule has 0 bridgehead atoms. The molecule has 0 heterocycles. The minimum Gasteiger partial charge on any atom is -0.461 e. The Hall–Kier alpha value is -3.14. The van der Waals surface area contributed by atoms with Crippen LogP contribution in [0.5, 0.6) is 0 Å². The Bertz CT molecular complexity index is 1290. The molecule has 0 fully saturated rings. The first-order valence-electron chi connectivity index (χ1n) is 15.0. The molecule has 0 spiro atoms. The van der Waals surface area contributed by atoms with Gasteiger partial charge in [0.25, 0.3) is 0 Å². The molecule has 0 aliphatic heterocycles. The molecule has 1 aromatic carbocycles. The van der Waals surface area contributed by atoms with Crippen LogP contribution in [0.25, 0.3) is 0 Å². The summed E-state index contributed by atoms with van der Waals surface area (Å²) in [6.07, 6.45) is -1.82. The maximum absolute atomic E-state index is 13.9. The second kappa shape index (κ2) is 19.9. The first-order valence-corrected chi connectivity index (χ1v) is 17.1. The molecular weight excluding hydrogens is 727 g/mol. The van der Waals surface area contributed by atoms with Gasteiger partial charge in [0.1, 0.15) is 37.5 Å². The number of amides is 4. The van der Waals surface area contributed by atoms with Gasteiger partial charge in [-0.2, -0.15) is 0 Å². The average molecular weight is 772 g/mol. The molecule has 0 aliphatic carbocycles. The predicted octanol–water partition coefficient (Wildman–Crippen LogP) is 4.58. The van der Waals surface area contributed by atoms with Crippen molar-refractivity contribution in [3.05, 3.63) is 35.9 Å². The zero-order valence-corrected chi connectivity index (χ0v) is 32.1. The first-order chi connectivity index (χ1) is 22.5. The maximum atomic E-state index is 13.9. The number of likely N-dealkylation sites (N-methyl/N-ethyl adjacent to an activating group) is 2. The number of esters is 2. The Morgan fingerprint density at radius 3 is 1.98 bits per heavy atom. The van der Waals surface area contributed by atoms with Gasteiger partial charge >= 0.3 is 24.1 Å². The normalized spacial score (nSPS) is 13.3. The second-order valence-corrected chi connectivity index (χ2v) is 15.8. The van der Waals surface area contributed by atoms with Crippen molar-refractivity contribution in [2.24, 2.45) is 5.92 Å². The smallest absolute Gasteiger partial charge is 0.410 e. The molecule has 0 unspecified atom stereocenters. The molecule has 0 saturated heterocycles. The number of alkyl halides is 3. The van der Waals surface area contributed by atoms with E-state index >= 15 is 0 Å². The maximum Gasteiger partial charge on any atom is 0.410 e. The number of halogens is 3. The third-order valence-electron chi connectivity index (χ3n) is 6.50. The summed E-state index contributed by atoms with van der Waals surface area (Å²) >= 11 is 18.1. The van der Waals surface area contributed by atoms with Crippen LogP contribution < -0.4 is 5.32 Å². The minimum atomic E-state index is -1.96. The highest BCUT2D eigenvalue weighted by Gasteiger charge is 2.39. The molecule has 18 heteroatoms. The van der Waals surface area contributed by atoms with Gasteiger partial charge in [0.2, 0.25) is 15.6 Å². The number of benzene rings is 1. The number of carbonyl (C=O) groups is 6. The first kappa shape index (κ1) is 43.9. The van der Waals surface area contributed by atoms with Crippen LogP contribution in [0.3, 0.4) is 0 Å². The summed E-state index contributed by atoms with van der Waals surface area (Å²) in [4.78, 5) is 79.8. The van der Waals surface area contributed by atoms with Crippen LogP contribution in [0.1, 0.15) is 47.1 Å². The van der Waals surface area contributed by atoms with E-state index in [2.05, 4.69) is 5.32 Å². The molecule has 0 aliphatic rings.